The van der Waals surface area contributed by atoms with Gasteiger partial charge in [-0.15, -0.1) is 0 Å². The largest absolute Gasteiger partial charge is 0.368 e. The SMILES string of the molecule is CNC12CCC(C(O)O)(CC1)CC2. The summed E-state index contributed by atoms with van der Waals surface area (Å²) in [6, 6.07) is 0. The fraction of sp³-hybridized carbons (Fsp3) is 1.00. The van der Waals surface area contributed by atoms with Gasteiger partial charge in [0.25, 0.3) is 0 Å². The molecule has 0 aromatic heterocycles. The van der Waals surface area contributed by atoms with Gasteiger partial charge >= 0.3 is 0 Å². The highest BCUT2D eigenvalue weighted by molar-refractivity contribution is 5.04. The van der Waals surface area contributed by atoms with Gasteiger partial charge in [0.05, 0.1) is 0 Å². The van der Waals surface area contributed by atoms with Crippen LogP contribution in [0.4, 0.5) is 0 Å². The van der Waals surface area contributed by atoms with Crippen LogP contribution in [0.25, 0.3) is 0 Å². The number of rotatable bonds is 2. The molecule has 13 heavy (non-hydrogen) atoms. The van der Waals surface area contributed by atoms with Crippen molar-refractivity contribution in [1.82, 2.24) is 5.32 Å². The molecule has 0 heterocycles. The number of aliphatic hydroxyl groups excluding tert-OH is 1. The molecule has 0 aliphatic heterocycles. The number of hydrogen-bond acceptors (Lipinski definition) is 3. The molecule has 0 saturated heterocycles. The third kappa shape index (κ3) is 1.30. The first-order chi connectivity index (χ1) is 6.13. The topological polar surface area (TPSA) is 52.5 Å². The van der Waals surface area contributed by atoms with Gasteiger partial charge in [0, 0.05) is 11.0 Å². The summed E-state index contributed by atoms with van der Waals surface area (Å²) >= 11 is 0. The molecule has 0 atom stereocenters. The average molecular weight is 185 g/mol. The van der Waals surface area contributed by atoms with Gasteiger partial charge in [-0.2, -0.15) is 0 Å². The number of hydrogen-bond donors (Lipinski definition) is 3. The Morgan fingerprint density at radius 1 is 1.00 bits per heavy atom. The molecule has 0 amide bonds. The van der Waals surface area contributed by atoms with Crippen molar-refractivity contribution >= 4 is 0 Å². The van der Waals surface area contributed by atoms with Gasteiger partial charge in [-0.1, -0.05) is 0 Å². The lowest BCUT2D eigenvalue weighted by atomic mass is 9.57. The number of fused-ring (bicyclic) bond motifs is 3. The zero-order valence-corrected chi connectivity index (χ0v) is 8.21. The second-order valence-electron chi connectivity index (χ2n) is 4.77. The lowest BCUT2D eigenvalue weighted by molar-refractivity contribution is -0.176. The Morgan fingerprint density at radius 2 is 1.46 bits per heavy atom. The van der Waals surface area contributed by atoms with Gasteiger partial charge in [-0.25, -0.2) is 0 Å². The smallest absolute Gasteiger partial charge is 0.157 e. The second kappa shape index (κ2) is 2.94. The number of nitrogens with one attached hydrogen (secondary N) is 1. The van der Waals surface area contributed by atoms with E-state index < -0.39 is 6.29 Å². The van der Waals surface area contributed by atoms with Crippen molar-refractivity contribution in [3.05, 3.63) is 0 Å². The Kier molecular flexibility index (Phi) is 2.13. The van der Waals surface area contributed by atoms with Gasteiger partial charge in [-0.05, 0) is 45.6 Å². The highest BCUT2D eigenvalue weighted by atomic mass is 16.5. The molecule has 3 saturated carbocycles. The van der Waals surface area contributed by atoms with Crippen LogP contribution in [0.3, 0.4) is 0 Å². The molecule has 0 unspecified atom stereocenters. The Morgan fingerprint density at radius 3 is 1.77 bits per heavy atom. The first kappa shape index (κ1) is 9.44. The maximum absolute atomic E-state index is 9.34. The summed E-state index contributed by atoms with van der Waals surface area (Å²) in [4.78, 5) is 0. The van der Waals surface area contributed by atoms with E-state index in [1.807, 2.05) is 7.05 Å². The van der Waals surface area contributed by atoms with Gasteiger partial charge < -0.3 is 15.5 Å². The second-order valence-corrected chi connectivity index (χ2v) is 4.77. The van der Waals surface area contributed by atoms with Crippen LogP contribution in [0.5, 0.6) is 0 Å². The van der Waals surface area contributed by atoms with E-state index in [2.05, 4.69) is 5.32 Å². The molecule has 3 aliphatic rings. The van der Waals surface area contributed by atoms with E-state index in [1.54, 1.807) is 0 Å². The summed E-state index contributed by atoms with van der Waals surface area (Å²) in [6.07, 6.45) is 5.08. The lowest BCUT2D eigenvalue weighted by Crippen LogP contribution is -2.56. The van der Waals surface area contributed by atoms with Crippen LogP contribution in [0, 0.1) is 5.41 Å². The maximum atomic E-state index is 9.34. The molecule has 0 aromatic carbocycles. The molecule has 3 rings (SSSR count). The zero-order valence-electron chi connectivity index (χ0n) is 8.21. The van der Waals surface area contributed by atoms with E-state index >= 15 is 0 Å². The minimum absolute atomic E-state index is 0.168. The maximum Gasteiger partial charge on any atom is 0.157 e. The highest BCUT2D eigenvalue weighted by Gasteiger charge is 2.50. The van der Waals surface area contributed by atoms with Gasteiger partial charge in [-0.3, -0.25) is 0 Å². The van der Waals surface area contributed by atoms with Crippen LogP contribution >= 0.6 is 0 Å². The zero-order chi connectivity index (χ0) is 9.53. The van der Waals surface area contributed by atoms with Crippen molar-refractivity contribution in [2.75, 3.05) is 7.05 Å². The molecule has 0 aromatic rings. The van der Waals surface area contributed by atoms with Crippen molar-refractivity contribution in [2.24, 2.45) is 5.41 Å². The van der Waals surface area contributed by atoms with Gasteiger partial charge in [0.15, 0.2) is 6.29 Å². The van der Waals surface area contributed by atoms with Crippen LogP contribution in [-0.2, 0) is 0 Å². The monoisotopic (exact) mass is 185 g/mol. The summed E-state index contributed by atoms with van der Waals surface area (Å²) in [5, 5.41) is 22.1. The van der Waals surface area contributed by atoms with E-state index in [4.69, 9.17) is 0 Å². The quantitative estimate of drug-likeness (QED) is 0.552. The molecule has 2 bridgehead atoms. The standard InChI is InChI=1S/C10H19NO2/c1-11-10-5-2-9(3-6-10,4-7-10)8(12)13/h8,11-13H,2-7H2,1H3. The molecule has 76 valence electrons. The molecule has 0 radical (unpaired) electrons. The summed E-state index contributed by atoms with van der Waals surface area (Å²) in [6.45, 7) is 0. The van der Waals surface area contributed by atoms with Gasteiger partial charge in [0.2, 0.25) is 0 Å². The molecule has 3 fully saturated rings. The van der Waals surface area contributed by atoms with Crippen LogP contribution in [-0.4, -0.2) is 29.1 Å². The average Bonchev–Trinajstić information content (AvgIpc) is 2.20. The third-order valence-corrected chi connectivity index (χ3v) is 4.38. The van der Waals surface area contributed by atoms with E-state index in [0.717, 1.165) is 38.5 Å². The molecule has 3 aliphatic carbocycles. The van der Waals surface area contributed by atoms with Crippen LogP contribution < -0.4 is 5.32 Å². The van der Waals surface area contributed by atoms with E-state index in [0.29, 0.717) is 5.54 Å². The van der Waals surface area contributed by atoms with Crippen molar-refractivity contribution in [3.8, 4) is 0 Å². The Bertz CT molecular complexity index is 179. The fourth-order valence-electron chi connectivity index (χ4n) is 2.98. The summed E-state index contributed by atoms with van der Waals surface area (Å²) in [7, 11) is 2.02. The van der Waals surface area contributed by atoms with Gasteiger partial charge in [0.1, 0.15) is 0 Å². The minimum atomic E-state index is -1.11. The first-order valence-corrected chi connectivity index (χ1v) is 5.18. The normalized spacial score (nSPS) is 44.3. The summed E-state index contributed by atoms with van der Waals surface area (Å²) < 4.78 is 0. The summed E-state index contributed by atoms with van der Waals surface area (Å²) in [5.74, 6) is 0. The fourth-order valence-corrected chi connectivity index (χ4v) is 2.98. The Labute approximate surface area is 79.2 Å². The minimum Gasteiger partial charge on any atom is -0.368 e. The molecule has 3 heteroatoms. The van der Waals surface area contributed by atoms with Crippen molar-refractivity contribution in [3.63, 3.8) is 0 Å². The Hall–Kier alpha value is -0.120. The Balaban J connectivity index is 2.11. The molecular formula is C10H19NO2. The molecule has 3 N–H and O–H groups in total. The predicted octanol–water partition coefficient (Wildman–Crippen LogP) is 0.609. The van der Waals surface area contributed by atoms with Crippen molar-refractivity contribution < 1.29 is 10.2 Å². The summed E-state index contributed by atoms with van der Waals surface area (Å²) in [5.41, 5.74) is 0.148. The predicted molar refractivity (Wildman–Crippen MR) is 50.2 cm³/mol. The van der Waals surface area contributed by atoms with E-state index in [-0.39, 0.29) is 5.41 Å². The van der Waals surface area contributed by atoms with E-state index in [1.165, 1.54) is 0 Å². The van der Waals surface area contributed by atoms with Crippen molar-refractivity contribution in [2.45, 2.75) is 50.4 Å². The van der Waals surface area contributed by atoms with Crippen LogP contribution in [0.2, 0.25) is 0 Å². The van der Waals surface area contributed by atoms with E-state index in [9.17, 15) is 10.2 Å². The van der Waals surface area contributed by atoms with Crippen molar-refractivity contribution in [1.29, 1.82) is 0 Å². The number of aliphatic hydroxyl groups is 2. The molecular weight excluding hydrogens is 166 g/mol. The molecule has 3 nitrogen and oxygen atoms in total. The third-order valence-electron chi connectivity index (χ3n) is 4.38. The lowest BCUT2D eigenvalue weighted by Gasteiger charge is -2.54. The first-order valence-electron chi connectivity index (χ1n) is 5.18. The molecule has 0 spiro atoms. The van der Waals surface area contributed by atoms with Crippen LogP contribution in [0.15, 0.2) is 0 Å². The highest BCUT2D eigenvalue weighted by Crippen LogP contribution is 2.53. The van der Waals surface area contributed by atoms with Crippen LogP contribution in [0.1, 0.15) is 38.5 Å².